The lowest BCUT2D eigenvalue weighted by molar-refractivity contribution is 0.265. The Hall–Kier alpha value is -0.0400. The fourth-order valence-corrected chi connectivity index (χ4v) is 1.51. The van der Waals surface area contributed by atoms with Crippen LogP contribution in [0.3, 0.4) is 0 Å². The van der Waals surface area contributed by atoms with Crippen LogP contribution in [0.1, 0.15) is 26.2 Å². The number of ether oxygens (including phenoxy) is 1. The number of epoxide rings is 1. The Kier molecular flexibility index (Phi) is 0.487. The molecule has 1 unspecified atom stereocenters. The molecule has 1 heterocycles. The molecule has 7 heavy (non-hydrogen) atoms. The molecule has 1 nitrogen and oxygen atoms in total. The summed E-state index contributed by atoms with van der Waals surface area (Å²) in [6, 6.07) is 0. The Morgan fingerprint density at radius 2 is 2.57 bits per heavy atom. The van der Waals surface area contributed by atoms with Crippen molar-refractivity contribution in [1.82, 2.24) is 0 Å². The average molecular weight is 98.1 g/mol. The van der Waals surface area contributed by atoms with Crippen LogP contribution in [-0.4, -0.2) is 11.7 Å². The summed E-state index contributed by atoms with van der Waals surface area (Å²) in [5.74, 6) is 0. The summed E-state index contributed by atoms with van der Waals surface area (Å²) in [4.78, 5) is 0. The first-order valence-electron chi connectivity index (χ1n) is 2.99. The predicted molar refractivity (Wildman–Crippen MR) is 27.1 cm³/mol. The normalized spacial score (nSPS) is 57.0. The van der Waals surface area contributed by atoms with Crippen LogP contribution < -0.4 is 0 Å². The van der Waals surface area contributed by atoms with Crippen molar-refractivity contribution < 1.29 is 4.74 Å². The Morgan fingerprint density at radius 1 is 1.71 bits per heavy atom. The van der Waals surface area contributed by atoms with Crippen LogP contribution in [0.15, 0.2) is 0 Å². The first kappa shape index (κ1) is 3.90. The van der Waals surface area contributed by atoms with Gasteiger partial charge in [-0.25, -0.2) is 0 Å². The van der Waals surface area contributed by atoms with Gasteiger partial charge < -0.3 is 4.74 Å². The molecule has 40 valence electrons. The zero-order valence-electron chi connectivity index (χ0n) is 4.61. The van der Waals surface area contributed by atoms with Crippen molar-refractivity contribution in [2.24, 2.45) is 0 Å². The molecule has 1 heteroatoms. The largest absolute Gasteiger partial charge is 0.366 e. The summed E-state index contributed by atoms with van der Waals surface area (Å²) >= 11 is 0. The maximum absolute atomic E-state index is 5.34. The van der Waals surface area contributed by atoms with Crippen LogP contribution in [0.2, 0.25) is 0 Å². The minimum atomic E-state index is 0.361. The first-order valence-corrected chi connectivity index (χ1v) is 2.99. The third kappa shape index (κ3) is 0.367. The smallest absolute Gasteiger partial charge is 0.0920 e. The van der Waals surface area contributed by atoms with Gasteiger partial charge in [-0.2, -0.15) is 0 Å². The summed E-state index contributed by atoms with van der Waals surface area (Å²) in [5, 5.41) is 0. The highest BCUT2D eigenvalue weighted by Crippen LogP contribution is 2.49. The van der Waals surface area contributed by atoms with Gasteiger partial charge in [-0.15, -0.1) is 0 Å². The fourth-order valence-electron chi connectivity index (χ4n) is 1.51. The van der Waals surface area contributed by atoms with E-state index in [9.17, 15) is 0 Å². The molecule has 0 aromatic heterocycles. The minimum Gasteiger partial charge on any atom is -0.366 e. The van der Waals surface area contributed by atoms with Crippen molar-refractivity contribution in [2.75, 3.05) is 0 Å². The highest BCUT2D eigenvalue weighted by Gasteiger charge is 2.55. The number of hydrogen-bond acceptors (Lipinski definition) is 1. The molecule has 2 aliphatic rings. The van der Waals surface area contributed by atoms with Crippen molar-refractivity contribution in [2.45, 2.75) is 37.9 Å². The molecule has 0 spiro atoms. The molecule has 0 radical (unpaired) electrons. The molecule has 0 aromatic carbocycles. The number of hydrogen-bond donors (Lipinski definition) is 0. The van der Waals surface area contributed by atoms with Crippen molar-refractivity contribution >= 4 is 0 Å². The van der Waals surface area contributed by atoms with Crippen molar-refractivity contribution in [3.8, 4) is 0 Å². The zero-order chi connectivity index (χ0) is 4.91. The summed E-state index contributed by atoms with van der Waals surface area (Å²) in [7, 11) is 0. The van der Waals surface area contributed by atoms with Gasteiger partial charge in [0.15, 0.2) is 0 Å². The average Bonchev–Trinajstić information content (AvgIpc) is 2.09. The quantitative estimate of drug-likeness (QED) is 0.416. The van der Waals surface area contributed by atoms with E-state index >= 15 is 0 Å². The van der Waals surface area contributed by atoms with Crippen LogP contribution in [-0.2, 0) is 4.74 Å². The first-order chi connectivity index (χ1) is 3.31. The summed E-state index contributed by atoms with van der Waals surface area (Å²) in [5.41, 5.74) is 0.361. The molecular weight excluding hydrogens is 88.1 g/mol. The van der Waals surface area contributed by atoms with E-state index in [1.54, 1.807) is 0 Å². The van der Waals surface area contributed by atoms with Gasteiger partial charge in [-0.1, -0.05) is 0 Å². The van der Waals surface area contributed by atoms with Crippen LogP contribution in [0.5, 0.6) is 0 Å². The Morgan fingerprint density at radius 3 is 2.71 bits per heavy atom. The van der Waals surface area contributed by atoms with Crippen LogP contribution in [0, 0.1) is 0 Å². The number of fused-ring (bicyclic) bond motifs is 1. The van der Waals surface area contributed by atoms with E-state index in [1.807, 2.05) is 0 Å². The van der Waals surface area contributed by atoms with E-state index in [0.29, 0.717) is 11.7 Å². The molecule has 1 aliphatic heterocycles. The van der Waals surface area contributed by atoms with Crippen LogP contribution in [0.4, 0.5) is 0 Å². The molecule has 0 amide bonds. The Bertz CT molecular complexity index is 98.4. The van der Waals surface area contributed by atoms with Crippen LogP contribution >= 0.6 is 0 Å². The highest BCUT2D eigenvalue weighted by atomic mass is 16.6. The van der Waals surface area contributed by atoms with E-state index in [4.69, 9.17) is 4.74 Å². The zero-order valence-corrected chi connectivity index (χ0v) is 4.61. The Labute approximate surface area is 43.7 Å². The summed E-state index contributed by atoms with van der Waals surface area (Å²) in [6.45, 7) is 2.21. The molecule has 2 rings (SSSR count). The molecule has 2 atom stereocenters. The van der Waals surface area contributed by atoms with E-state index in [2.05, 4.69) is 6.92 Å². The summed E-state index contributed by atoms with van der Waals surface area (Å²) in [6.07, 6.45) is 4.67. The van der Waals surface area contributed by atoms with E-state index < -0.39 is 0 Å². The highest BCUT2D eigenvalue weighted by molar-refractivity contribution is 5.03. The van der Waals surface area contributed by atoms with E-state index in [-0.39, 0.29) is 0 Å². The van der Waals surface area contributed by atoms with Gasteiger partial charge in [0.05, 0.1) is 11.7 Å². The third-order valence-electron chi connectivity index (χ3n) is 2.17. The molecule has 1 saturated carbocycles. The lowest BCUT2D eigenvalue weighted by Gasteiger charge is -1.93. The van der Waals surface area contributed by atoms with Gasteiger partial charge >= 0.3 is 0 Å². The van der Waals surface area contributed by atoms with Crippen molar-refractivity contribution in [3.63, 3.8) is 0 Å². The van der Waals surface area contributed by atoms with Gasteiger partial charge in [0.1, 0.15) is 0 Å². The SMILES string of the molecule is C[C@]12CCCC1O2. The van der Waals surface area contributed by atoms with Crippen molar-refractivity contribution in [3.05, 3.63) is 0 Å². The third-order valence-corrected chi connectivity index (χ3v) is 2.17. The van der Waals surface area contributed by atoms with Gasteiger partial charge in [-0.3, -0.25) is 0 Å². The fraction of sp³-hybridized carbons (Fsp3) is 1.00. The topological polar surface area (TPSA) is 12.5 Å². The number of rotatable bonds is 0. The van der Waals surface area contributed by atoms with Crippen LogP contribution in [0.25, 0.3) is 0 Å². The molecule has 0 bridgehead atoms. The molecule has 1 aliphatic carbocycles. The summed E-state index contributed by atoms with van der Waals surface area (Å²) < 4.78 is 5.34. The van der Waals surface area contributed by atoms with Gasteiger partial charge in [0, 0.05) is 0 Å². The maximum Gasteiger partial charge on any atom is 0.0920 e. The molecule has 0 N–H and O–H groups in total. The predicted octanol–water partition coefficient (Wildman–Crippen LogP) is 1.33. The van der Waals surface area contributed by atoms with E-state index in [1.165, 1.54) is 19.3 Å². The van der Waals surface area contributed by atoms with Gasteiger partial charge in [0.2, 0.25) is 0 Å². The van der Waals surface area contributed by atoms with Gasteiger partial charge in [0.25, 0.3) is 0 Å². The minimum absolute atomic E-state index is 0.361. The lowest BCUT2D eigenvalue weighted by Crippen LogP contribution is -1.99. The second-order valence-corrected chi connectivity index (χ2v) is 2.81. The molecule has 0 aromatic rings. The molecule has 2 fully saturated rings. The Balaban J connectivity index is 2.17. The van der Waals surface area contributed by atoms with Crippen molar-refractivity contribution in [1.29, 1.82) is 0 Å². The monoisotopic (exact) mass is 98.1 g/mol. The lowest BCUT2D eigenvalue weighted by atomic mass is 10.1. The molecular formula is C6H10O. The second kappa shape index (κ2) is 0.873. The van der Waals surface area contributed by atoms with Gasteiger partial charge in [-0.05, 0) is 26.2 Å². The maximum atomic E-state index is 5.34. The molecule has 1 saturated heterocycles. The van der Waals surface area contributed by atoms with E-state index in [0.717, 1.165) is 0 Å². The standard InChI is InChI=1S/C6H10O/c1-6-4-2-3-5(6)7-6/h5H,2-4H2,1H3/t5?,6-/m0/s1. The second-order valence-electron chi connectivity index (χ2n) is 2.81.